The van der Waals surface area contributed by atoms with Gasteiger partial charge in [0.2, 0.25) is 10.0 Å². The topological polar surface area (TPSA) is 46.2 Å². The Labute approximate surface area is 160 Å². The lowest BCUT2D eigenvalue weighted by molar-refractivity contribution is 0.445. The van der Waals surface area contributed by atoms with Crippen molar-refractivity contribution in [2.45, 2.75) is 48.8 Å². The van der Waals surface area contributed by atoms with Crippen molar-refractivity contribution in [1.29, 1.82) is 0 Å². The van der Waals surface area contributed by atoms with Crippen LogP contribution in [0.1, 0.15) is 26.3 Å². The summed E-state index contributed by atoms with van der Waals surface area (Å²) in [4.78, 5) is 1.37. The highest BCUT2D eigenvalue weighted by molar-refractivity contribution is 8.00. The molecule has 0 unspecified atom stereocenters. The molecule has 136 valence electrons. The van der Waals surface area contributed by atoms with Gasteiger partial charge in [0.15, 0.2) is 0 Å². The summed E-state index contributed by atoms with van der Waals surface area (Å²) in [5.41, 5.74) is 1.03. The van der Waals surface area contributed by atoms with Crippen LogP contribution in [0.3, 0.4) is 0 Å². The van der Waals surface area contributed by atoms with Crippen LogP contribution in [0.15, 0.2) is 58.3 Å². The zero-order valence-electron chi connectivity index (χ0n) is 14.9. The van der Waals surface area contributed by atoms with Gasteiger partial charge in [0, 0.05) is 21.2 Å². The number of aryl methyl sites for hydroxylation is 1. The van der Waals surface area contributed by atoms with Gasteiger partial charge in [-0.15, -0.1) is 11.8 Å². The van der Waals surface area contributed by atoms with E-state index in [4.69, 9.17) is 11.6 Å². The van der Waals surface area contributed by atoms with Crippen LogP contribution in [-0.4, -0.2) is 19.7 Å². The van der Waals surface area contributed by atoms with Crippen LogP contribution in [-0.2, 0) is 10.0 Å². The molecule has 0 spiro atoms. The minimum absolute atomic E-state index is 0.0707. The first-order chi connectivity index (χ1) is 11.7. The summed E-state index contributed by atoms with van der Waals surface area (Å²) >= 11 is 7.57. The van der Waals surface area contributed by atoms with Gasteiger partial charge in [0.1, 0.15) is 0 Å². The summed E-state index contributed by atoms with van der Waals surface area (Å²) in [5.74, 6) is 0.162. The predicted molar refractivity (Wildman–Crippen MR) is 107 cm³/mol. The van der Waals surface area contributed by atoms with Crippen molar-refractivity contribution in [2.24, 2.45) is 5.92 Å². The fraction of sp³-hybridized carbons (Fsp3) is 0.368. The Morgan fingerprint density at radius 2 is 1.52 bits per heavy atom. The third-order valence-electron chi connectivity index (χ3n) is 3.98. The maximum absolute atomic E-state index is 12.7. The second kappa shape index (κ2) is 8.58. The number of rotatable bonds is 7. The van der Waals surface area contributed by atoms with Crippen LogP contribution in [0.2, 0.25) is 5.02 Å². The summed E-state index contributed by atoms with van der Waals surface area (Å²) in [6, 6.07) is 14.3. The molecule has 25 heavy (non-hydrogen) atoms. The highest BCUT2D eigenvalue weighted by Gasteiger charge is 2.27. The molecule has 6 heteroatoms. The van der Waals surface area contributed by atoms with E-state index in [1.54, 1.807) is 23.9 Å². The van der Waals surface area contributed by atoms with E-state index in [1.807, 2.05) is 64.1 Å². The molecule has 0 aliphatic rings. The van der Waals surface area contributed by atoms with Crippen molar-refractivity contribution in [2.75, 3.05) is 0 Å². The number of nitrogens with one attached hydrogen (secondary N) is 1. The number of thioether (sulfide) groups is 1. The predicted octanol–water partition coefficient (Wildman–Crippen LogP) is 5.13. The molecule has 0 fully saturated rings. The summed E-state index contributed by atoms with van der Waals surface area (Å²) in [6.07, 6.45) is 0. The van der Waals surface area contributed by atoms with E-state index in [0.29, 0.717) is 9.92 Å². The Morgan fingerprint density at radius 1 is 0.960 bits per heavy atom. The van der Waals surface area contributed by atoms with Crippen molar-refractivity contribution in [3.8, 4) is 0 Å². The van der Waals surface area contributed by atoms with Crippen LogP contribution in [0.5, 0.6) is 0 Å². The average molecular weight is 398 g/mol. The summed E-state index contributed by atoms with van der Waals surface area (Å²) in [7, 11) is -3.55. The molecule has 2 rings (SSSR count). The van der Waals surface area contributed by atoms with Gasteiger partial charge in [0.25, 0.3) is 0 Å². The maximum atomic E-state index is 12.7. The monoisotopic (exact) mass is 397 g/mol. The standard InChI is InChI=1S/C19H24ClNO2S2/c1-13(2)19(15(4)24-17-9-7-16(20)8-10-17)21-25(22,23)18-11-5-14(3)6-12-18/h5-13,15,19,21H,1-4H3/t15-,19-/m1/s1. The van der Waals surface area contributed by atoms with Gasteiger partial charge in [-0.2, -0.15) is 0 Å². The first-order valence-corrected chi connectivity index (χ1v) is 10.9. The van der Waals surface area contributed by atoms with Gasteiger partial charge < -0.3 is 0 Å². The number of halogens is 1. The van der Waals surface area contributed by atoms with Gasteiger partial charge in [-0.05, 0) is 49.2 Å². The van der Waals surface area contributed by atoms with Crippen molar-refractivity contribution in [1.82, 2.24) is 4.72 Å². The third-order valence-corrected chi connectivity index (χ3v) is 6.92. The lowest BCUT2D eigenvalue weighted by Crippen LogP contribution is -2.44. The molecule has 2 aromatic rings. The van der Waals surface area contributed by atoms with Crippen molar-refractivity contribution in [3.05, 3.63) is 59.1 Å². The molecule has 0 aliphatic carbocycles. The molecule has 0 aromatic heterocycles. The Hall–Kier alpha value is -1.01. The zero-order valence-corrected chi connectivity index (χ0v) is 17.3. The summed E-state index contributed by atoms with van der Waals surface area (Å²) in [6.45, 7) is 8.04. The molecule has 0 aliphatic heterocycles. The van der Waals surface area contributed by atoms with E-state index in [-0.39, 0.29) is 17.2 Å². The summed E-state index contributed by atoms with van der Waals surface area (Å²) in [5, 5.41) is 0.763. The Balaban J connectivity index is 2.16. The Kier molecular flexibility index (Phi) is 6.97. The fourth-order valence-electron chi connectivity index (χ4n) is 2.54. The van der Waals surface area contributed by atoms with Gasteiger partial charge in [-0.3, -0.25) is 0 Å². The van der Waals surface area contributed by atoms with E-state index in [1.165, 1.54) is 0 Å². The van der Waals surface area contributed by atoms with Crippen molar-refractivity contribution >= 4 is 33.4 Å². The van der Waals surface area contributed by atoms with Gasteiger partial charge in [-0.25, -0.2) is 13.1 Å². The quantitative estimate of drug-likeness (QED) is 0.658. The summed E-state index contributed by atoms with van der Waals surface area (Å²) < 4.78 is 28.3. The Bertz CT molecular complexity index is 787. The number of benzene rings is 2. The highest BCUT2D eigenvalue weighted by atomic mass is 35.5. The van der Waals surface area contributed by atoms with Crippen LogP contribution in [0.4, 0.5) is 0 Å². The lowest BCUT2D eigenvalue weighted by Gasteiger charge is -2.28. The largest absolute Gasteiger partial charge is 0.240 e. The molecule has 2 aromatic carbocycles. The lowest BCUT2D eigenvalue weighted by atomic mass is 10.0. The minimum Gasteiger partial charge on any atom is -0.207 e. The second-order valence-electron chi connectivity index (χ2n) is 6.48. The highest BCUT2D eigenvalue weighted by Crippen LogP contribution is 2.29. The average Bonchev–Trinajstić information content (AvgIpc) is 2.55. The second-order valence-corrected chi connectivity index (χ2v) is 10.1. The molecule has 0 bridgehead atoms. The van der Waals surface area contributed by atoms with Crippen LogP contribution in [0, 0.1) is 12.8 Å². The van der Waals surface area contributed by atoms with E-state index in [0.717, 1.165) is 10.5 Å². The normalized spacial score (nSPS) is 14.5. The van der Waals surface area contributed by atoms with Crippen molar-refractivity contribution < 1.29 is 8.42 Å². The first-order valence-electron chi connectivity index (χ1n) is 8.20. The van der Waals surface area contributed by atoms with Crippen LogP contribution < -0.4 is 4.72 Å². The number of hydrogen-bond donors (Lipinski definition) is 1. The molecule has 0 heterocycles. The van der Waals surface area contributed by atoms with Crippen LogP contribution in [0.25, 0.3) is 0 Å². The zero-order chi connectivity index (χ0) is 18.6. The SMILES string of the molecule is Cc1ccc(S(=O)(=O)N[C@H](C(C)C)[C@@H](C)Sc2ccc(Cl)cc2)cc1. The fourth-order valence-corrected chi connectivity index (χ4v) is 5.47. The van der Waals surface area contributed by atoms with E-state index >= 15 is 0 Å². The molecule has 0 saturated heterocycles. The van der Waals surface area contributed by atoms with E-state index in [9.17, 15) is 8.42 Å². The minimum atomic E-state index is -3.55. The maximum Gasteiger partial charge on any atom is 0.240 e. The van der Waals surface area contributed by atoms with Gasteiger partial charge in [-0.1, -0.05) is 50.1 Å². The van der Waals surface area contributed by atoms with Gasteiger partial charge >= 0.3 is 0 Å². The van der Waals surface area contributed by atoms with Crippen molar-refractivity contribution in [3.63, 3.8) is 0 Å². The van der Waals surface area contributed by atoms with Gasteiger partial charge in [0.05, 0.1) is 4.90 Å². The van der Waals surface area contributed by atoms with E-state index in [2.05, 4.69) is 4.72 Å². The van der Waals surface area contributed by atoms with E-state index < -0.39 is 10.0 Å². The number of sulfonamides is 1. The molecule has 1 N–H and O–H groups in total. The first kappa shape index (κ1) is 20.3. The third kappa shape index (κ3) is 5.74. The number of hydrogen-bond acceptors (Lipinski definition) is 3. The smallest absolute Gasteiger partial charge is 0.207 e. The molecular weight excluding hydrogens is 374 g/mol. The molecular formula is C19H24ClNO2S2. The van der Waals surface area contributed by atoms with Crippen LogP contribution >= 0.6 is 23.4 Å². The molecule has 0 saturated carbocycles. The Morgan fingerprint density at radius 3 is 2.04 bits per heavy atom. The molecule has 0 radical (unpaired) electrons. The molecule has 2 atom stereocenters. The molecule has 0 amide bonds. The molecule has 3 nitrogen and oxygen atoms in total.